The van der Waals surface area contributed by atoms with E-state index in [9.17, 15) is 9.18 Å². The SMILES string of the molecule is Cc1c(CNC(=O)C2CCNC2)oc2ccc(F)cc12.Cl. The number of aryl methyl sites for hydroxylation is 1. The van der Waals surface area contributed by atoms with Gasteiger partial charge in [-0.15, -0.1) is 12.4 Å². The van der Waals surface area contributed by atoms with Crippen molar-refractivity contribution in [2.75, 3.05) is 13.1 Å². The Morgan fingerprint density at radius 2 is 2.33 bits per heavy atom. The smallest absolute Gasteiger partial charge is 0.224 e. The van der Waals surface area contributed by atoms with E-state index in [1.165, 1.54) is 12.1 Å². The minimum absolute atomic E-state index is 0. The van der Waals surface area contributed by atoms with Gasteiger partial charge in [-0.05, 0) is 38.1 Å². The summed E-state index contributed by atoms with van der Waals surface area (Å²) in [6.45, 7) is 3.85. The Hall–Kier alpha value is -1.59. The van der Waals surface area contributed by atoms with Crippen LogP contribution in [0.1, 0.15) is 17.7 Å². The Kier molecular flexibility index (Phi) is 4.85. The lowest BCUT2D eigenvalue weighted by Gasteiger charge is -2.08. The van der Waals surface area contributed by atoms with Gasteiger partial charge in [-0.1, -0.05) is 0 Å². The summed E-state index contributed by atoms with van der Waals surface area (Å²) in [5.41, 5.74) is 1.53. The number of carbonyl (C=O) groups excluding carboxylic acids is 1. The first-order chi connectivity index (χ1) is 9.65. The summed E-state index contributed by atoms with van der Waals surface area (Å²) in [5, 5.41) is 6.82. The molecule has 0 radical (unpaired) electrons. The van der Waals surface area contributed by atoms with E-state index in [0.717, 1.165) is 30.5 Å². The third-order valence-corrected chi connectivity index (χ3v) is 3.85. The number of nitrogens with one attached hydrogen (secondary N) is 2. The fraction of sp³-hybridized carbons (Fsp3) is 0.400. The standard InChI is InChI=1S/C15H17FN2O2.ClH/c1-9-12-6-11(16)2-3-13(12)20-14(9)8-18-15(19)10-4-5-17-7-10;/h2-3,6,10,17H,4-5,7-8H2,1H3,(H,18,19);1H. The van der Waals surface area contributed by atoms with E-state index in [-0.39, 0.29) is 30.0 Å². The zero-order valence-electron chi connectivity index (χ0n) is 11.7. The van der Waals surface area contributed by atoms with Crippen molar-refractivity contribution in [2.24, 2.45) is 5.92 Å². The molecule has 2 N–H and O–H groups in total. The van der Waals surface area contributed by atoms with E-state index in [1.807, 2.05) is 6.92 Å². The van der Waals surface area contributed by atoms with Crippen LogP contribution in [0, 0.1) is 18.7 Å². The fourth-order valence-corrected chi connectivity index (χ4v) is 2.60. The van der Waals surface area contributed by atoms with Gasteiger partial charge >= 0.3 is 0 Å². The van der Waals surface area contributed by atoms with Crippen molar-refractivity contribution in [1.82, 2.24) is 10.6 Å². The van der Waals surface area contributed by atoms with Crippen molar-refractivity contribution in [1.29, 1.82) is 0 Å². The van der Waals surface area contributed by atoms with Gasteiger partial charge in [-0.2, -0.15) is 0 Å². The molecule has 1 aliphatic rings. The number of rotatable bonds is 3. The largest absolute Gasteiger partial charge is 0.459 e. The molecule has 1 atom stereocenters. The van der Waals surface area contributed by atoms with Crippen molar-refractivity contribution in [2.45, 2.75) is 19.9 Å². The van der Waals surface area contributed by atoms with Crippen LogP contribution in [0.4, 0.5) is 4.39 Å². The summed E-state index contributed by atoms with van der Waals surface area (Å²) in [7, 11) is 0. The molecule has 3 rings (SSSR count). The fourth-order valence-electron chi connectivity index (χ4n) is 2.60. The van der Waals surface area contributed by atoms with Crippen molar-refractivity contribution >= 4 is 29.3 Å². The number of carbonyl (C=O) groups is 1. The Bertz CT molecular complexity index is 650. The maximum Gasteiger partial charge on any atom is 0.224 e. The number of benzene rings is 1. The van der Waals surface area contributed by atoms with Crippen LogP contribution in [0.15, 0.2) is 22.6 Å². The highest BCUT2D eigenvalue weighted by Crippen LogP contribution is 2.25. The lowest BCUT2D eigenvalue weighted by molar-refractivity contribution is -0.124. The molecule has 4 nitrogen and oxygen atoms in total. The van der Waals surface area contributed by atoms with Crippen LogP contribution in [0.3, 0.4) is 0 Å². The predicted molar refractivity (Wildman–Crippen MR) is 81.0 cm³/mol. The van der Waals surface area contributed by atoms with E-state index in [4.69, 9.17) is 4.42 Å². The highest BCUT2D eigenvalue weighted by molar-refractivity contribution is 5.85. The second-order valence-electron chi connectivity index (χ2n) is 5.20. The Morgan fingerprint density at radius 1 is 1.52 bits per heavy atom. The average molecular weight is 313 g/mol. The van der Waals surface area contributed by atoms with Gasteiger partial charge in [0.1, 0.15) is 17.2 Å². The van der Waals surface area contributed by atoms with Crippen LogP contribution >= 0.6 is 12.4 Å². The second-order valence-corrected chi connectivity index (χ2v) is 5.20. The highest BCUT2D eigenvalue weighted by atomic mass is 35.5. The zero-order chi connectivity index (χ0) is 14.1. The van der Waals surface area contributed by atoms with Gasteiger partial charge in [0.05, 0.1) is 12.5 Å². The van der Waals surface area contributed by atoms with Gasteiger partial charge < -0.3 is 15.1 Å². The van der Waals surface area contributed by atoms with E-state index in [0.29, 0.717) is 17.9 Å². The molecule has 0 saturated carbocycles. The van der Waals surface area contributed by atoms with Gasteiger partial charge in [-0.3, -0.25) is 4.79 Å². The minimum atomic E-state index is -0.283. The third kappa shape index (κ3) is 3.19. The topological polar surface area (TPSA) is 54.3 Å². The maximum atomic E-state index is 13.2. The van der Waals surface area contributed by atoms with E-state index in [1.54, 1.807) is 6.07 Å². The lowest BCUT2D eigenvalue weighted by Crippen LogP contribution is -2.31. The van der Waals surface area contributed by atoms with Crippen molar-refractivity contribution in [3.8, 4) is 0 Å². The molecule has 1 amide bonds. The normalized spacial score (nSPS) is 17.7. The molecule has 1 unspecified atom stereocenters. The van der Waals surface area contributed by atoms with Crippen LogP contribution in [0.25, 0.3) is 11.0 Å². The number of hydrogen-bond acceptors (Lipinski definition) is 3. The van der Waals surface area contributed by atoms with E-state index in [2.05, 4.69) is 10.6 Å². The van der Waals surface area contributed by atoms with E-state index < -0.39 is 0 Å². The highest BCUT2D eigenvalue weighted by Gasteiger charge is 2.22. The van der Waals surface area contributed by atoms with Gasteiger partial charge in [0, 0.05) is 17.5 Å². The molecular formula is C15H18ClFN2O2. The zero-order valence-corrected chi connectivity index (χ0v) is 12.6. The molecule has 6 heteroatoms. The van der Waals surface area contributed by atoms with Gasteiger partial charge in [0.15, 0.2) is 0 Å². The van der Waals surface area contributed by atoms with Crippen LogP contribution in [0.5, 0.6) is 0 Å². The van der Waals surface area contributed by atoms with Crippen molar-refractivity contribution in [3.05, 3.63) is 35.3 Å². The molecule has 0 aliphatic carbocycles. The number of halogens is 2. The Morgan fingerprint density at radius 3 is 3.05 bits per heavy atom. The molecule has 0 bridgehead atoms. The number of hydrogen-bond donors (Lipinski definition) is 2. The lowest BCUT2D eigenvalue weighted by atomic mass is 10.1. The first kappa shape index (κ1) is 15.8. The van der Waals surface area contributed by atoms with Gasteiger partial charge in [-0.25, -0.2) is 4.39 Å². The molecule has 21 heavy (non-hydrogen) atoms. The maximum absolute atomic E-state index is 13.2. The first-order valence-corrected chi connectivity index (χ1v) is 6.81. The summed E-state index contributed by atoms with van der Waals surface area (Å²) >= 11 is 0. The van der Waals surface area contributed by atoms with E-state index >= 15 is 0 Å². The van der Waals surface area contributed by atoms with Crippen LogP contribution in [-0.2, 0) is 11.3 Å². The average Bonchev–Trinajstić information content (AvgIpc) is 3.06. The monoisotopic (exact) mass is 312 g/mol. The first-order valence-electron chi connectivity index (χ1n) is 6.81. The van der Waals surface area contributed by atoms with Crippen LogP contribution in [0.2, 0.25) is 0 Å². The van der Waals surface area contributed by atoms with Gasteiger partial charge in [0.25, 0.3) is 0 Å². The second kappa shape index (κ2) is 6.45. The third-order valence-electron chi connectivity index (χ3n) is 3.85. The number of fused-ring (bicyclic) bond motifs is 1. The molecule has 1 aromatic heterocycles. The Balaban J connectivity index is 0.00000161. The predicted octanol–water partition coefficient (Wildman–Crippen LogP) is 2.53. The summed E-state index contributed by atoms with van der Waals surface area (Å²) in [5.74, 6) is 0.483. The Labute approximate surface area is 128 Å². The quantitative estimate of drug-likeness (QED) is 0.915. The van der Waals surface area contributed by atoms with Crippen LogP contribution in [-0.4, -0.2) is 19.0 Å². The van der Waals surface area contributed by atoms with Crippen LogP contribution < -0.4 is 10.6 Å². The molecular weight excluding hydrogens is 295 g/mol. The molecule has 1 saturated heterocycles. The summed E-state index contributed by atoms with van der Waals surface area (Å²) < 4.78 is 18.9. The van der Waals surface area contributed by atoms with Crippen molar-refractivity contribution < 1.29 is 13.6 Å². The summed E-state index contributed by atoms with van der Waals surface area (Å²) in [4.78, 5) is 11.9. The van der Waals surface area contributed by atoms with Crippen molar-refractivity contribution in [3.63, 3.8) is 0 Å². The summed E-state index contributed by atoms with van der Waals surface area (Å²) in [6.07, 6.45) is 0.871. The molecule has 2 aromatic rings. The molecule has 2 heterocycles. The summed E-state index contributed by atoms with van der Waals surface area (Å²) in [6, 6.07) is 4.45. The molecule has 1 fully saturated rings. The number of amides is 1. The molecule has 1 aromatic carbocycles. The molecule has 1 aliphatic heterocycles. The molecule has 0 spiro atoms. The van der Waals surface area contributed by atoms with Gasteiger partial charge in [0.2, 0.25) is 5.91 Å². The number of furan rings is 1. The molecule has 114 valence electrons. The minimum Gasteiger partial charge on any atom is -0.459 e.